The normalized spacial score (nSPS) is 18.2. The van der Waals surface area contributed by atoms with Crippen LogP contribution in [-0.4, -0.2) is 81.4 Å². The van der Waals surface area contributed by atoms with Gasteiger partial charge in [-0.25, -0.2) is 4.98 Å². The molecule has 1 aliphatic heterocycles. The number of anilines is 1. The van der Waals surface area contributed by atoms with Crippen LogP contribution in [0.3, 0.4) is 0 Å². The first-order valence-electron chi connectivity index (χ1n) is 12.2. The lowest BCUT2D eigenvalue weighted by Gasteiger charge is -2.42. The highest BCUT2D eigenvalue weighted by Gasteiger charge is 2.36. The van der Waals surface area contributed by atoms with E-state index >= 15 is 0 Å². The zero-order valence-electron chi connectivity index (χ0n) is 21.0. The summed E-state index contributed by atoms with van der Waals surface area (Å²) in [6.45, 7) is 4.77. The number of likely N-dealkylation sites (N-methyl/N-ethyl adjacent to an activating group) is 1. The second-order valence-electron chi connectivity index (χ2n) is 9.72. The molecule has 0 radical (unpaired) electrons. The number of nitrogens with zero attached hydrogens (tertiary/aromatic N) is 6. The maximum atomic E-state index is 13.3. The van der Waals surface area contributed by atoms with Crippen molar-refractivity contribution in [2.24, 2.45) is 0 Å². The minimum absolute atomic E-state index is 0.136. The summed E-state index contributed by atoms with van der Waals surface area (Å²) in [6, 6.07) is 9.51. The highest BCUT2D eigenvalue weighted by Crippen LogP contribution is 2.32. The van der Waals surface area contributed by atoms with Gasteiger partial charge in [-0.05, 0) is 50.1 Å². The average molecular weight is 489 g/mol. The van der Waals surface area contributed by atoms with Crippen molar-refractivity contribution >= 4 is 33.5 Å². The zero-order chi connectivity index (χ0) is 25.3. The Morgan fingerprint density at radius 3 is 2.94 bits per heavy atom. The summed E-state index contributed by atoms with van der Waals surface area (Å²) in [6.07, 6.45) is 6.79. The molecule has 1 N–H and O–H groups in total. The van der Waals surface area contributed by atoms with Crippen molar-refractivity contribution in [3.8, 4) is 0 Å². The molecule has 1 fully saturated rings. The molecular formula is C27H32N6O3. The van der Waals surface area contributed by atoms with Crippen LogP contribution in [0.1, 0.15) is 28.9 Å². The molecule has 188 valence electrons. The number of aryl methyl sites for hydroxylation is 1. The first-order chi connectivity index (χ1) is 17.4. The number of hydrogen-bond acceptors (Lipinski definition) is 7. The number of rotatable bonds is 7. The lowest BCUT2D eigenvalue weighted by molar-refractivity contribution is 0.0000702. The topological polar surface area (TPSA) is 96.6 Å². The van der Waals surface area contributed by atoms with E-state index in [2.05, 4.69) is 19.9 Å². The molecule has 1 unspecified atom stereocenters. The van der Waals surface area contributed by atoms with Gasteiger partial charge in [0.2, 0.25) is 0 Å². The quantitative estimate of drug-likeness (QED) is 0.427. The van der Waals surface area contributed by atoms with Crippen molar-refractivity contribution in [2.75, 3.05) is 45.3 Å². The third-order valence-corrected chi connectivity index (χ3v) is 6.89. The maximum Gasteiger partial charge on any atom is 0.253 e. The van der Waals surface area contributed by atoms with Gasteiger partial charge in [-0.15, -0.1) is 0 Å². The molecule has 0 saturated carbocycles. The molecule has 36 heavy (non-hydrogen) atoms. The third kappa shape index (κ3) is 4.76. The zero-order valence-corrected chi connectivity index (χ0v) is 21.0. The molecule has 1 aliphatic rings. The fourth-order valence-electron chi connectivity index (χ4n) is 5.19. The number of hydrogen-bond donors (Lipinski definition) is 1. The molecule has 0 bridgehead atoms. The van der Waals surface area contributed by atoms with Crippen LogP contribution in [0.5, 0.6) is 0 Å². The highest BCUT2D eigenvalue weighted by atomic mass is 16.5. The minimum Gasteiger partial charge on any atom is -0.386 e. The number of ether oxygens (including phenoxy) is 1. The predicted molar refractivity (Wildman–Crippen MR) is 139 cm³/mol. The molecule has 0 spiro atoms. The first-order valence-corrected chi connectivity index (χ1v) is 12.2. The summed E-state index contributed by atoms with van der Waals surface area (Å²) in [5, 5.41) is 12.5. The summed E-state index contributed by atoms with van der Waals surface area (Å²) >= 11 is 0. The Bertz CT molecular complexity index is 1400. The summed E-state index contributed by atoms with van der Waals surface area (Å²) in [5.74, 6) is -0.136. The van der Waals surface area contributed by atoms with Crippen molar-refractivity contribution in [1.82, 2.24) is 24.4 Å². The standard InChI is InChI=1S/C27H32N6O3/c1-19-13-25(21-15-28-9-7-22(21)30-19)32-10-4-8-27(35,17-32)16-31(2)26(34)20-5-6-24-23(14-20)29-18-33(24)11-12-36-3/h5-7,9,13-15,18,35H,4,8,10-12,16-17H2,1-3H3. The van der Waals surface area contributed by atoms with Crippen molar-refractivity contribution in [2.45, 2.75) is 31.9 Å². The van der Waals surface area contributed by atoms with Crippen molar-refractivity contribution in [3.05, 3.63) is 60.3 Å². The molecule has 0 aliphatic carbocycles. The van der Waals surface area contributed by atoms with Gasteiger partial charge < -0.3 is 24.2 Å². The Morgan fingerprint density at radius 1 is 1.25 bits per heavy atom. The molecule has 1 atom stereocenters. The van der Waals surface area contributed by atoms with Gasteiger partial charge in [0.05, 0.1) is 41.6 Å². The molecule has 9 nitrogen and oxygen atoms in total. The largest absolute Gasteiger partial charge is 0.386 e. The average Bonchev–Trinajstić information content (AvgIpc) is 3.28. The number of fused-ring (bicyclic) bond motifs is 2. The molecule has 4 heterocycles. The van der Waals surface area contributed by atoms with Gasteiger partial charge in [-0.1, -0.05) is 0 Å². The number of carbonyl (C=O) groups is 1. The fraction of sp³-hybridized carbons (Fsp3) is 0.407. The Kier molecular flexibility index (Phi) is 6.59. The second-order valence-corrected chi connectivity index (χ2v) is 9.72. The number of piperidine rings is 1. The number of aliphatic hydroxyl groups is 1. The third-order valence-electron chi connectivity index (χ3n) is 6.89. The lowest BCUT2D eigenvalue weighted by Crippen LogP contribution is -2.54. The Hall–Kier alpha value is -3.56. The molecular weight excluding hydrogens is 456 g/mol. The molecule has 1 amide bonds. The van der Waals surface area contributed by atoms with Crippen LogP contribution in [0.4, 0.5) is 5.69 Å². The van der Waals surface area contributed by atoms with Gasteiger partial charge in [0.1, 0.15) is 0 Å². The van der Waals surface area contributed by atoms with Gasteiger partial charge in [-0.3, -0.25) is 14.8 Å². The highest BCUT2D eigenvalue weighted by molar-refractivity contribution is 5.97. The molecule has 9 heteroatoms. The van der Waals surface area contributed by atoms with E-state index < -0.39 is 5.60 Å². The number of carbonyl (C=O) groups excluding carboxylic acids is 1. The van der Waals surface area contributed by atoms with Gasteiger partial charge in [0.15, 0.2) is 0 Å². The molecule has 4 aromatic rings. The number of aromatic nitrogens is 4. The van der Waals surface area contributed by atoms with Crippen LogP contribution in [0.25, 0.3) is 21.9 Å². The number of methoxy groups -OCH3 is 1. The minimum atomic E-state index is -1.03. The van der Waals surface area contributed by atoms with Crippen molar-refractivity contribution < 1.29 is 14.6 Å². The van der Waals surface area contributed by atoms with E-state index in [-0.39, 0.29) is 12.5 Å². The van der Waals surface area contributed by atoms with Gasteiger partial charge >= 0.3 is 0 Å². The number of amides is 1. The molecule has 1 aromatic carbocycles. The van der Waals surface area contributed by atoms with E-state index in [1.54, 1.807) is 31.6 Å². The Labute approximate surface area is 210 Å². The molecule has 3 aromatic heterocycles. The van der Waals surface area contributed by atoms with Crippen molar-refractivity contribution in [3.63, 3.8) is 0 Å². The number of β-amino-alcohol motifs (C(OH)–C–C–N with tert-alkyl or cyclic N) is 1. The van der Waals surface area contributed by atoms with E-state index in [4.69, 9.17) is 4.74 Å². The van der Waals surface area contributed by atoms with E-state index in [9.17, 15) is 9.90 Å². The number of benzene rings is 1. The summed E-state index contributed by atoms with van der Waals surface area (Å²) in [7, 11) is 3.42. The SMILES string of the molecule is COCCn1cnc2cc(C(=O)N(C)CC3(O)CCCN(c4cc(C)nc5ccncc45)C3)ccc21. The van der Waals surface area contributed by atoms with Crippen molar-refractivity contribution in [1.29, 1.82) is 0 Å². The maximum absolute atomic E-state index is 13.3. The Balaban J connectivity index is 1.32. The molecule has 5 rings (SSSR count). The number of pyridine rings is 2. The van der Waals surface area contributed by atoms with E-state index in [1.165, 1.54) is 0 Å². The van der Waals surface area contributed by atoms with E-state index in [0.717, 1.165) is 46.3 Å². The fourth-order valence-corrected chi connectivity index (χ4v) is 5.19. The first kappa shape index (κ1) is 24.1. The van der Waals surface area contributed by atoms with Crippen LogP contribution in [0.2, 0.25) is 0 Å². The summed E-state index contributed by atoms with van der Waals surface area (Å²) < 4.78 is 7.17. The second kappa shape index (κ2) is 9.83. The van der Waals surface area contributed by atoms with Crippen LogP contribution < -0.4 is 4.90 Å². The van der Waals surface area contributed by atoms with Crippen LogP contribution in [0.15, 0.2) is 49.1 Å². The molecule has 1 saturated heterocycles. The Morgan fingerprint density at radius 2 is 2.11 bits per heavy atom. The summed E-state index contributed by atoms with van der Waals surface area (Å²) in [5.41, 5.74) is 4.09. The van der Waals surface area contributed by atoms with Crippen LogP contribution >= 0.6 is 0 Å². The van der Waals surface area contributed by atoms with Crippen LogP contribution in [-0.2, 0) is 11.3 Å². The van der Waals surface area contributed by atoms with E-state index in [0.29, 0.717) is 31.7 Å². The van der Waals surface area contributed by atoms with Gasteiger partial charge in [0, 0.05) is 68.5 Å². The smallest absolute Gasteiger partial charge is 0.253 e. The van der Waals surface area contributed by atoms with Gasteiger partial charge in [0.25, 0.3) is 5.91 Å². The lowest BCUT2D eigenvalue weighted by atomic mass is 9.91. The van der Waals surface area contributed by atoms with Gasteiger partial charge in [-0.2, -0.15) is 0 Å². The van der Waals surface area contributed by atoms with E-state index in [1.807, 2.05) is 48.0 Å². The summed E-state index contributed by atoms with van der Waals surface area (Å²) in [4.78, 5) is 30.4. The van der Waals surface area contributed by atoms with Crippen LogP contribution in [0, 0.1) is 6.92 Å². The monoisotopic (exact) mass is 488 g/mol. The predicted octanol–water partition coefficient (Wildman–Crippen LogP) is 3.04. The number of imidazole rings is 1.